The van der Waals surface area contributed by atoms with Gasteiger partial charge in [-0.25, -0.2) is 4.79 Å². The van der Waals surface area contributed by atoms with Gasteiger partial charge in [-0.3, -0.25) is 15.1 Å². The third-order valence-corrected chi connectivity index (χ3v) is 6.31. The topological polar surface area (TPSA) is 114 Å². The molecular weight excluding hydrogens is 326 g/mol. The maximum Gasteiger partial charge on any atom is 0.354 e. The molecule has 3 unspecified atom stereocenters. The Bertz CT molecular complexity index is 549. The summed E-state index contributed by atoms with van der Waals surface area (Å²) in [6.07, 6.45) is -0.790. The number of carbonyl (C=O) groups is 2. The molecule has 0 aromatic heterocycles. The molecule has 0 saturated carbocycles. The van der Waals surface area contributed by atoms with Crippen LogP contribution in [0.2, 0.25) is 0 Å². The molecule has 2 heterocycles. The molecule has 7 nitrogen and oxygen atoms in total. The van der Waals surface area contributed by atoms with Crippen LogP contribution in [0.5, 0.6) is 0 Å². The van der Waals surface area contributed by atoms with Crippen LogP contribution in [0.15, 0.2) is 9.93 Å². The van der Waals surface area contributed by atoms with Crippen LogP contribution in [0.3, 0.4) is 0 Å². The lowest BCUT2D eigenvalue weighted by Crippen LogP contribution is -2.60. The number of hydrogen-bond donors (Lipinski definition) is 4. The zero-order valence-electron chi connectivity index (χ0n) is 12.5. The van der Waals surface area contributed by atoms with E-state index in [0.717, 1.165) is 0 Å². The van der Waals surface area contributed by atoms with Crippen LogP contribution in [-0.4, -0.2) is 56.1 Å². The molecule has 122 valence electrons. The number of carboxylic acids is 1. The Morgan fingerprint density at radius 1 is 1.55 bits per heavy atom. The van der Waals surface area contributed by atoms with Crippen LogP contribution in [-0.2, 0) is 9.59 Å². The molecule has 4 atom stereocenters. The van der Waals surface area contributed by atoms with Gasteiger partial charge in [-0.2, -0.15) is 0 Å². The van der Waals surface area contributed by atoms with E-state index >= 15 is 0 Å². The number of amides is 1. The van der Waals surface area contributed by atoms with Gasteiger partial charge in [-0.1, -0.05) is 11.8 Å². The Balaban J connectivity index is 2.09. The summed E-state index contributed by atoms with van der Waals surface area (Å²) in [5, 5.41) is 29.0. The average Bonchev–Trinajstić information content (AvgIpc) is 2.69. The summed E-state index contributed by atoms with van der Waals surface area (Å²) in [7, 11) is 0. The Labute approximate surface area is 137 Å². The summed E-state index contributed by atoms with van der Waals surface area (Å²) in [5.74, 6) is -1.06. The maximum atomic E-state index is 12.0. The second-order valence-corrected chi connectivity index (χ2v) is 7.82. The molecule has 0 spiro atoms. The highest BCUT2D eigenvalue weighted by atomic mass is 32.2. The number of β-lactam (4-membered cyclic amide) rings is 1. The van der Waals surface area contributed by atoms with E-state index in [4.69, 9.17) is 5.41 Å². The molecule has 22 heavy (non-hydrogen) atoms. The number of amidine groups is 1. The summed E-state index contributed by atoms with van der Waals surface area (Å²) >= 11 is 2.68. The van der Waals surface area contributed by atoms with Crippen LogP contribution in [0.4, 0.5) is 0 Å². The fraction of sp³-hybridized carbons (Fsp3) is 0.615. The fourth-order valence-corrected chi connectivity index (χ4v) is 5.36. The highest BCUT2D eigenvalue weighted by Gasteiger charge is 2.57. The number of rotatable bonds is 6. The lowest BCUT2D eigenvalue weighted by Gasteiger charge is -2.43. The minimum Gasteiger partial charge on any atom is -0.477 e. The van der Waals surface area contributed by atoms with E-state index in [2.05, 4.69) is 5.32 Å². The van der Waals surface area contributed by atoms with Crippen molar-refractivity contribution in [2.45, 2.75) is 38.3 Å². The number of thioether (sulfide) groups is 2. The Hall–Kier alpha value is -1.19. The fourth-order valence-electron chi connectivity index (χ4n) is 2.46. The number of fused-ring (bicyclic) bond motifs is 1. The number of hydrogen-bond acceptors (Lipinski definition) is 6. The Kier molecular flexibility index (Phi) is 5.08. The first-order chi connectivity index (χ1) is 10.2. The van der Waals surface area contributed by atoms with Crippen molar-refractivity contribution in [1.82, 2.24) is 10.2 Å². The van der Waals surface area contributed by atoms with E-state index in [0.29, 0.717) is 15.8 Å². The molecule has 0 bridgehead atoms. The van der Waals surface area contributed by atoms with Gasteiger partial charge in [-0.15, -0.1) is 11.8 Å². The molecule has 0 aromatic carbocycles. The average molecular weight is 345 g/mol. The van der Waals surface area contributed by atoms with Gasteiger partial charge in [0.05, 0.1) is 22.1 Å². The number of nitrogens with one attached hydrogen (secondary N) is 2. The van der Waals surface area contributed by atoms with Crippen LogP contribution in [0.1, 0.15) is 20.8 Å². The van der Waals surface area contributed by atoms with Gasteiger partial charge in [0, 0.05) is 11.8 Å². The largest absolute Gasteiger partial charge is 0.477 e. The van der Waals surface area contributed by atoms with Gasteiger partial charge in [0.15, 0.2) is 5.70 Å². The van der Waals surface area contributed by atoms with Gasteiger partial charge in [0.25, 0.3) is 0 Å². The summed E-state index contributed by atoms with van der Waals surface area (Å²) < 4.78 is 0.588. The zero-order valence-corrected chi connectivity index (χ0v) is 14.1. The van der Waals surface area contributed by atoms with E-state index in [-0.39, 0.29) is 23.0 Å². The minimum atomic E-state index is -1.13. The predicted molar refractivity (Wildman–Crippen MR) is 86.5 cm³/mol. The lowest BCUT2D eigenvalue weighted by molar-refractivity contribution is -0.156. The first-order valence-corrected chi connectivity index (χ1v) is 8.70. The van der Waals surface area contributed by atoms with Crippen molar-refractivity contribution in [1.29, 1.82) is 5.41 Å². The first-order valence-electron chi connectivity index (χ1n) is 6.84. The number of carboxylic acid groups (broad SMARTS) is 1. The van der Waals surface area contributed by atoms with Crippen LogP contribution < -0.4 is 5.32 Å². The predicted octanol–water partition coefficient (Wildman–Crippen LogP) is 0.861. The Morgan fingerprint density at radius 3 is 2.68 bits per heavy atom. The molecule has 0 radical (unpaired) electrons. The van der Waals surface area contributed by atoms with Crippen molar-refractivity contribution in [2.24, 2.45) is 5.92 Å². The molecule has 4 N–H and O–H groups in total. The highest BCUT2D eigenvalue weighted by molar-refractivity contribution is 8.22. The van der Waals surface area contributed by atoms with E-state index < -0.39 is 18.0 Å². The summed E-state index contributed by atoms with van der Waals surface area (Å²) in [5.41, 5.74) is 0.0145. The van der Waals surface area contributed by atoms with E-state index in [1.165, 1.54) is 28.4 Å². The van der Waals surface area contributed by atoms with E-state index in [9.17, 15) is 19.8 Å². The number of aliphatic carboxylic acids is 1. The first kappa shape index (κ1) is 17.2. The third kappa shape index (κ3) is 3.11. The molecule has 1 amide bonds. The molecule has 9 heteroatoms. The van der Waals surface area contributed by atoms with Gasteiger partial charge in [-0.05, 0) is 20.8 Å². The van der Waals surface area contributed by atoms with Crippen molar-refractivity contribution < 1.29 is 19.8 Å². The normalized spacial score (nSPS) is 26.4. The number of aliphatic hydroxyl groups excluding tert-OH is 1. The van der Waals surface area contributed by atoms with Crippen molar-refractivity contribution >= 4 is 41.2 Å². The van der Waals surface area contributed by atoms with Crippen molar-refractivity contribution in [3.05, 3.63) is 9.93 Å². The monoisotopic (exact) mass is 345 g/mol. The van der Waals surface area contributed by atoms with Crippen molar-refractivity contribution in [2.75, 3.05) is 5.75 Å². The van der Waals surface area contributed by atoms with Crippen molar-refractivity contribution in [3.8, 4) is 0 Å². The number of nitrogens with zero attached hydrogens (tertiary/aromatic N) is 1. The van der Waals surface area contributed by atoms with E-state index in [1.54, 1.807) is 13.8 Å². The third-order valence-electron chi connectivity index (χ3n) is 3.40. The summed E-state index contributed by atoms with van der Waals surface area (Å²) in [6, 6.07) is 0.0159. The molecule has 2 rings (SSSR count). The molecular formula is C13H19N3O4S2. The molecule has 1 fully saturated rings. The number of aliphatic hydroxyl groups is 1. The molecule has 2 aliphatic rings. The van der Waals surface area contributed by atoms with Gasteiger partial charge < -0.3 is 15.5 Å². The summed E-state index contributed by atoms with van der Waals surface area (Å²) in [4.78, 5) is 24.8. The summed E-state index contributed by atoms with van der Waals surface area (Å²) in [6.45, 7) is 5.10. The molecule has 2 aliphatic heterocycles. The highest BCUT2D eigenvalue weighted by Crippen LogP contribution is 2.53. The van der Waals surface area contributed by atoms with Crippen molar-refractivity contribution in [3.63, 3.8) is 0 Å². The molecule has 0 aliphatic carbocycles. The lowest BCUT2D eigenvalue weighted by atomic mass is 9.92. The second kappa shape index (κ2) is 6.51. The molecule has 1 saturated heterocycles. The Morgan fingerprint density at radius 2 is 2.18 bits per heavy atom. The minimum absolute atomic E-state index is 0.0145. The SMILES string of the molecule is CC(=N)NC(C)CSC1=C(C(=O)O)N2C(=O)C(C(C)O)[C@H]2S1. The number of carbonyl (C=O) groups excluding carboxylic acids is 1. The van der Waals surface area contributed by atoms with Crippen LogP contribution >= 0.6 is 23.5 Å². The van der Waals surface area contributed by atoms with E-state index in [1.807, 2.05) is 6.92 Å². The van der Waals surface area contributed by atoms with Crippen LogP contribution in [0, 0.1) is 11.3 Å². The van der Waals surface area contributed by atoms with Crippen LogP contribution in [0.25, 0.3) is 0 Å². The quantitative estimate of drug-likeness (QED) is 0.321. The van der Waals surface area contributed by atoms with Gasteiger partial charge in [0.1, 0.15) is 5.37 Å². The maximum absolute atomic E-state index is 12.0. The van der Waals surface area contributed by atoms with Gasteiger partial charge >= 0.3 is 5.97 Å². The van der Waals surface area contributed by atoms with Gasteiger partial charge in [0.2, 0.25) is 5.91 Å². The molecule has 0 aromatic rings. The zero-order chi connectivity index (χ0) is 16.6. The second-order valence-electron chi connectivity index (χ2n) is 5.41. The smallest absolute Gasteiger partial charge is 0.354 e. The standard InChI is InChI=1S/C13H19N3O4S2/c1-5(15-7(3)14)4-21-13-9(12(19)20)16-10(18)8(6(2)17)11(16)22-13/h5-6,8,11,17H,4H2,1-3H3,(H2,14,15)(H,19,20)/t5?,6?,8?,11-/m1/s1.